The van der Waals surface area contributed by atoms with E-state index in [1.54, 1.807) is 0 Å². The Morgan fingerprint density at radius 1 is 1.09 bits per heavy atom. The van der Waals surface area contributed by atoms with E-state index >= 15 is 0 Å². The van der Waals surface area contributed by atoms with Gasteiger partial charge in [0.05, 0.1) is 13.2 Å². The summed E-state index contributed by atoms with van der Waals surface area (Å²) in [5, 5.41) is 3.21. The first-order chi connectivity index (χ1) is 11.3. The van der Waals surface area contributed by atoms with Gasteiger partial charge in [-0.3, -0.25) is 10.1 Å². The zero-order valence-electron chi connectivity index (χ0n) is 12.8. The van der Waals surface area contributed by atoms with Crippen molar-refractivity contribution < 1.29 is 14.3 Å². The Bertz CT molecular complexity index is 673. The minimum atomic E-state index is -0.543. The van der Waals surface area contributed by atoms with Gasteiger partial charge in [-0.05, 0) is 11.6 Å². The second-order valence-corrected chi connectivity index (χ2v) is 5.42. The Balaban J connectivity index is 1.78. The minimum Gasteiger partial charge on any atom is -0.490 e. The molecule has 23 heavy (non-hydrogen) atoms. The van der Waals surface area contributed by atoms with E-state index < -0.39 is 11.9 Å². The molecular formula is C18H20N2O3. The molecule has 1 aliphatic heterocycles. The number of hydrogen-bond acceptors (Lipinski definition) is 4. The van der Waals surface area contributed by atoms with Crippen molar-refractivity contribution in [3.05, 3.63) is 59.7 Å². The molecule has 5 heteroatoms. The SMILES string of the molecule is NC(=O)[C@@H](NCc1cccc2c1OCCCO2)c1ccccc1. The lowest BCUT2D eigenvalue weighted by atomic mass is 10.1. The van der Waals surface area contributed by atoms with E-state index in [1.165, 1.54) is 0 Å². The number of rotatable bonds is 5. The first kappa shape index (κ1) is 15.4. The van der Waals surface area contributed by atoms with Crippen LogP contribution in [0.3, 0.4) is 0 Å². The van der Waals surface area contributed by atoms with Crippen LogP contribution in [0.2, 0.25) is 0 Å². The smallest absolute Gasteiger partial charge is 0.239 e. The molecular weight excluding hydrogens is 292 g/mol. The molecule has 1 atom stereocenters. The van der Waals surface area contributed by atoms with Crippen molar-refractivity contribution >= 4 is 5.91 Å². The van der Waals surface area contributed by atoms with Gasteiger partial charge in [-0.25, -0.2) is 0 Å². The van der Waals surface area contributed by atoms with Gasteiger partial charge < -0.3 is 15.2 Å². The van der Waals surface area contributed by atoms with E-state index in [2.05, 4.69) is 5.32 Å². The zero-order valence-corrected chi connectivity index (χ0v) is 12.8. The van der Waals surface area contributed by atoms with Crippen LogP contribution in [-0.4, -0.2) is 19.1 Å². The Morgan fingerprint density at radius 2 is 1.87 bits per heavy atom. The molecule has 3 N–H and O–H groups in total. The molecule has 2 aromatic rings. The van der Waals surface area contributed by atoms with E-state index in [9.17, 15) is 4.79 Å². The lowest BCUT2D eigenvalue weighted by Crippen LogP contribution is -2.33. The van der Waals surface area contributed by atoms with Crippen LogP contribution in [0.4, 0.5) is 0 Å². The van der Waals surface area contributed by atoms with Crippen LogP contribution in [0, 0.1) is 0 Å². The summed E-state index contributed by atoms with van der Waals surface area (Å²) in [4.78, 5) is 11.8. The molecule has 120 valence electrons. The van der Waals surface area contributed by atoms with Crippen molar-refractivity contribution in [2.45, 2.75) is 19.0 Å². The number of carbonyl (C=O) groups is 1. The maximum atomic E-state index is 11.8. The fourth-order valence-electron chi connectivity index (χ4n) is 2.63. The predicted molar refractivity (Wildman–Crippen MR) is 87.3 cm³/mol. The molecule has 0 bridgehead atoms. The number of nitrogens with two attached hydrogens (primary N) is 1. The van der Waals surface area contributed by atoms with Crippen LogP contribution in [0.15, 0.2) is 48.5 Å². The molecule has 0 spiro atoms. The summed E-state index contributed by atoms with van der Waals surface area (Å²) in [6, 6.07) is 14.7. The molecule has 1 heterocycles. The third kappa shape index (κ3) is 3.63. The van der Waals surface area contributed by atoms with E-state index in [0.29, 0.717) is 19.8 Å². The van der Waals surface area contributed by atoms with Crippen molar-refractivity contribution in [1.82, 2.24) is 5.32 Å². The average molecular weight is 312 g/mol. The topological polar surface area (TPSA) is 73.6 Å². The van der Waals surface area contributed by atoms with Gasteiger partial charge in [0.15, 0.2) is 11.5 Å². The first-order valence-electron chi connectivity index (χ1n) is 7.71. The lowest BCUT2D eigenvalue weighted by Gasteiger charge is -2.18. The van der Waals surface area contributed by atoms with Crippen molar-refractivity contribution in [3.8, 4) is 11.5 Å². The van der Waals surface area contributed by atoms with Crippen molar-refractivity contribution in [1.29, 1.82) is 0 Å². The Kier molecular flexibility index (Phi) is 4.78. The standard InChI is InChI=1S/C18H20N2O3/c19-18(21)16(13-6-2-1-3-7-13)20-12-14-8-4-9-15-17(14)23-11-5-10-22-15/h1-4,6-9,16,20H,5,10-12H2,(H2,19,21)/t16-/m0/s1. The lowest BCUT2D eigenvalue weighted by molar-refractivity contribution is -0.120. The van der Waals surface area contributed by atoms with Crippen LogP contribution < -0.4 is 20.5 Å². The van der Waals surface area contributed by atoms with Gasteiger partial charge in [-0.1, -0.05) is 42.5 Å². The second-order valence-electron chi connectivity index (χ2n) is 5.42. The van der Waals surface area contributed by atoms with Crippen molar-refractivity contribution in [3.63, 3.8) is 0 Å². The quantitative estimate of drug-likeness (QED) is 0.887. The van der Waals surface area contributed by atoms with Gasteiger partial charge in [0.25, 0.3) is 0 Å². The third-order valence-corrected chi connectivity index (χ3v) is 3.77. The largest absolute Gasteiger partial charge is 0.490 e. The van der Waals surface area contributed by atoms with Crippen LogP contribution in [-0.2, 0) is 11.3 Å². The number of nitrogens with one attached hydrogen (secondary N) is 1. The highest BCUT2D eigenvalue weighted by atomic mass is 16.5. The highest BCUT2D eigenvalue weighted by Crippen LogP contribution is 2.33. The monoisotopic (exact) mass is 312 g/mol. The van der Waals surface area contributed by atoms with Gasteiger partial charge in [-0.15, -0.1) is 0 Å². The molecule has 1 aliphatic rings. The van der Waals surface area contributed by atoms with E-state index in [1.807, 2.05) is 48.5 Å². The molecule has 5 nitrogen and oxygen atoms in total. The highest BCUT2D eigenvalue weighted by molar-refractivity contribution is 5.81. The van der Waals surface area contributed by atoms with Crippen LogP contribution >= 0.6 is 0 Å². The summed E-state index contributed by atoms with van der Waals surface area (Å²) >= 11 is 0. The Labute approximate surface area is 135 Å². The number of fused-ring (bicyclic) bond motifs is 1. The van der Waals surface area contributed by atoms with E-state index in [4.69, 9.17) is 15.2 Å². The number of carbonyl (C=O) groups excluding carboxylic acids is 1. The van der Waals surface area contributed by atoms with Gasteiger partial charge in [0.1, 0.15) is 6.04 Å². The number of ether oxygens (including phenoxy) is 2. The van der Waals surface area contributed by atoms with Crippen LogP contribution in [0.5, 0.6) is 11.5 Å². The normalized spacial score (nSPS) is 14.8. The maximum Gasteiger partial charge on any atom is 0.239 e. The Hall–Kier alpha value is -2.53. The summed E-state index contributed by atoms with van der Waals surface area (Å²) in [6.07, 6.45) is 0.857. The van der Waals surface area contributed by atoms with E-state index in [0.717, 1.165) is 29.0 Å². The molecule has 2 aromatic carbocycles. The summed E-state index contributed by atoms with van der Waals surface area (Å²) in [5.41, 5.74) is 7.34. The second kappa shape index (κ2) is 7.15. The molecule has 0 saturated carbocycles. The molecule has 0 unspecified atom stereocenters. The van der Waals surface area contributed by atoms with Gasteiger partial charge >= 0.3 is 0 Å². The van der Waals surface area contributed by atoms with Crippen LogP contribution in [0.25, 0.3) is 0 Å². The summed E-state index contributed by atoms with van der Waals surface area (Å²) in [6.45, 7) is 1.74. The number of amides is 1. The fraction of sp³-hybridized carbons (Fsp3) is 0.278. The van der Waals surface area contributed by atoms with Crippen molar-refractivity contribution in [2.24, 2.45) is 5.73 Å². The summed E-state index contributed by atoms with van der Waals surface area (Å²) in [5.74, 6) is 1.08. The van der Waals surface area contributed by atoms with Crippen molar-refractivity contribution in [2.75, 3.05) is 13.2 Å². The predicted octanol–water partition coefficient (Wildman–Crippen LogP) is 2.16. The molecule has 0 aromatic heterocycles. The summed E-state index contributed by atoms with van der Waals surface area (Å²) < 4.78 is 11.5. The first-order valence-corrected chi connectivity index (χ1v) is 7.71. The third-order valence-electron chi connectivity index (χ3n) is 3.77. The van der Waals surface area contributed by atoms with Gasteiger partial charge in [0, 0.05) is 18.5 Å². The van der Waals surface area contributed by atoms with Gasteiger partial charge in [-0.2, -0.15) is 0 Å². The zero-order chi connectivity index (χ0) is 16.1. The molecule has 0 radical (unpaired) electrons. The maximum absolute atomic E-state index is 11.8. The van der Waals surface area contributed by atoms with Gasteiger partial charge in [0.2, 0.25) is 5.91 Å². The van der Waals surface area contributed by atoms with Crippen LogP contribution in [0.1, 0.15) is 23.6 Å². The minimum absolute atomic E-state index is 0.407. The number of para-hydroxylation sites is 1. The highest BCUT2D eigenvalue weighted by Gasteiger charge is 2.19. The Morgan fingerprint density at radius 3 is 2.65 bits per heavy atom. The molecule has 1 amide bonds. The molecule has 0 saturated heterocycles. The summed E-state index contributed by atoms with van der Waals surface area (Å²) in [7, 11) is 0. The average Bonchev–Trinajstić information content (AvgIpc) is 2.81. The number of hydrogen-bond donors (Lipinski definition) is 2. The fourth-order valence-corrected chi connectivity index (χ4v) is 2.63. The number of benzene rings is 2. The molecule has 0 aliphatic carbocycles. The molecule has 0 fully saturated rings. The van der Waals surface area contributed by atoms with E-state index in [-0.39, 0.29) is 0 Å². The molecule has 3 rings (SSSR count). The number of primary amides is 1.